The number of aryl methyl sites for hydroxylation is 1. The van der Waals surface area contributed by atoms with Gasteiger partial charge in [0.15, 0.2) is 5.13 Å². The van der Waals surface area contributed by atoms with Gasteiger partial charge in [0.2, 0.25) is 5.88 Å². The zero-order chi connectivity index (χ0) is 16.1. The van der Waals surface area contributed by atoms with Gasteiger partial charge >= 0.3 is 0 Å². The smallest absolute Gasteiger partial charge is 0.262 e. The molecule has 7 heteroatoms. The van der Waals surface area contributed by atoms with Gasteiger partial charge < -0.3 is 4.74 Å². The van der Waals surface area contributed by atoms with Gasteiger partial charge in [-0.2, -0.15) is 0 Å². The maximum absolute atomic E-state index is 12.4. The van der Waals surface area contributed by atoms with E-state index in [0.29, 0.717) is 29.1 Å². The Kier molecular flexibility index (Phi) is 5.79. The molecule has 2 aromatic rings. The van der Waals surface area contributed by atoms with E-state index in [2.05, 4.69) is 15.3 Å². The van der Waals surface area contributed by atoms with Crippen LogP contribution in [0.1, 0.15) is 29.9 Å². The summed E-state index contributed by atoms with van der Waals surface area (Å²) in [4.78, 5) is 20.9. The van der Waals surface area contributed by atoms with Crippen LogP contribution in [0.15, 0.2) is 22.5 Å². The van der Waals surface area contributed by atoms with Crippen molar-refractivity contribution in [1.82, 2.24) is 9.97 Å². The van der Waals surface area contributed by atoms with Crippen molar-refractivity contribution in [3.8, 4) is 5.88 Å². The Morgan fingerprint density at radius 3 is 2.91 bits per heavy atom. The van der Waals surface area contributed by atoms with Crippen LogP contribution in [0.3, 0.4) is 0 Å². The van der Waals surface area contributed by atoms with Crippen molar-refractivity contribution in [3.05, 3.63) is 29.6 Å². The molecule has 1 N–H and O–H groups in total. The van der Waals surface area contributed by atoms with Gasteiger partial charge in [-0.25, -0.2) is 9.97 Å². The summed E-state index contributed by atoms with van der Waals surface area (Å²) in [5, 5.41) is 3.41. The monoisotopic (exact) mass is 337 g/mol. The summed E-state index contributed by atoms with van der Waals surface area (Å²) in [6.07, 6.45) is 3.61. The second-order valence-corrected chi connectivity index (χ2v) is 7.19. The van der Waals surface area contributed by atoms with E-state index >= 15 is 0 Å². The molecule has 0 unspecified atom stereocenters. The summed E-state index contributed by atoms with van der Waals surface area (Å²) in [5.74, 6) is 0.462. The van der Waals surface area contributed by atoms with Gasteiger partial charge in [-0.3, -0.25) is 10.1 Å². The molecule has 5 nitrogen and oxygen atoms in total. The van der Waals surface area contributed by atoms with Crippen LogP contribution in [-0.2, 0) is 0 Å². The number of amides is 1. The number of rotatable bonds is 6. The van der Waals surface area contributed by atoms with Crippen molar-refractivity contribution in [2.75, 3.05) is 18.2 Å². The lowest BCUT2D eigenvalue weighted by Crippen LogP contribution is -2.15. The van der Waals surface area contributed by atoms with Gasteiger partial charge in [0.05, 0.1) is 16.5 Å². The molecule has 2 aromatic heterocycles. The largest absolute Gasteiger partial charge is 0.477 e. The Morgan fingerprint density at radius 2 is 2.27 bits per heavy atom. The van der Waals surface area contributed by atoms with Crippen LogP contribution >= 0.6 is 23.1 Å². The van der Waals surface area contributed by atoms with Gasteiger partial charge in [-0.1, -0.05) is 25.2 Å². The Balaban J connectivity index is 2.14. The van der Waals surface area contributed by atoms with Crippen molar-refractivity contribution in [1.29, 1.82) is 0 Å². The van der Waals surface area contributed by atoms with Crippen LogP contribution in [0.5, 0.6) is 5.88 Å². The number of pyridine rings is 1. The Bertz CT molecular complexity index is 656. The number of carbonyl (C=O) groups is 1. The number of nitrogens with zero attached hydrogens (tertiary/aromatic N) is 2. The molecule has 2 rings (SSSR count). The first-order valence-electron chi connectivity index (χ1n) is 6.91. The summed E-state index contributed by atoms with van der Waals surface area (Å²) in [6, 6.07) is 3.42. The third kappa shape index (κ3) is 4.20. The molecule has 0 atom stereocenters. The molecule has 0 saturated heterocycles. The number of thioether (sulfide) groups is 1. The second-order valence-electron chi connectivity index (χ2n) is 5.11. The van der Waals surface area contributed by atoms with Crippen LogP contribution in [0.25, 0.3) is 0 Å². The maximum atomic E-state index is 12.4. The number of thiazole rings is 1. The molecule has 0 aliphatic rings. The van der Waals surface area contributed by atoms with Gasteiger partial charge in [0.1, 0.15) is 5.56 Å². The van der Waals surface area contributed by atoms with E-state index < -0.39 is 0 Å². The highest BCUT2D eigenvalue weighted by molar-refractivity contribution is 8.00. The van der Waals surface area contributed by atoms with E-state index in [1.165, 1.54) is 11.3 Å². The first kappa shape index (κ1) is 16.8. The van der Waals surface area contributed by atoms with Gasteiger partial charge in [0.25, 0.3) is 5.91 Å². The van der Waals surface area contributed by atoms with Crippen molar-refractivity contribution >= 4 is 34.1 Å². The summed E-state index contributed by atoms with van der Waals surface area (Å²) >= 11 is 3.09. The van der Waals surface area contributed by atoms with Gasteiger partial charge in [-0.15, -0.1) is 11.8 Å². The fourth-order valence-electron chi connectivity index (χ4n) is 1.71. The van der Waals surface area contributed by atoms with Crippen LogP contribution < -0.4 is 10.1 Å². The number of nitrogens with one attached hydrogen (secondary N) is 1. The van der Waals surface area contributed by atoms with E-state index in [-0.39, 0.29) is 5.91 Å². The highest BCUT2D eigenvalue weighted by Crippen LogP contribution is 2.30. The van der Waals surface area contributed by atoms with Crippen molar-refractivity contribution in [2.24, 2.45) is 5.92 Å². The lowest BCUT2D eigenvalue weighted by molar-refractivity contribution is 0.102. The number of anilines is 1. The Hall–Kier alpha value is -1.60. The van der Waals surface area contributed by atoms with Crippen LogP contribution in [0.4, 0.5) is 5.13 Å². The molecular formula is C15H19N3O2S2. The quantitative estimate of drug-likeness (QED) is 0.811. The summed E-state index contributed by atoms with van der Waals surface area (Å²) in [5.41, 5.74) is 1.34. The standard InChI is InChI=1S/C15H19N3O2S2/c1-9(2)8-20-13-11(6-5-7-16-13)12(19)18-15-17-10(3)14(21-4)22-15/h5-7,9H,8H2,1-4H3,(H,17,18,19). The number of carbonyl (C=O) groups excluding carboxylic acids is 1. The molecule has 0 spiro atoms. The minimum Gasteiger partial charge on any atom is -0.477 e. The summed E-state index contributed by atoms with van der Waals surface area (Å²) < 4.78 is 6.71. The van der Waals surface area contributed by atoms with Crippen molar-refractivity contribution < 1.29 is 9.53 Å². The first-order valence-corrected chi connectivity index (χ1v) is 8.96. The van der Waals surface area contributed by atoms with Crippen LogP contribution in [0, 0.1) is 12.8 Å². The Labute approximate surface area is 138 Å². The zero-order valence-corrected chi connectivity index (χ0v) is 14.7. The fourth-order valence-corrected chi connectivity index (χ4v) is 3.32. The second kappa shape index (κ2) is 7.60. The minimum atomic E-state index is -0.256. The maximum Gasteiger partial charge on any atom is 0.262 e. The van der Waals surface area contributed by atoms with Gasteiger partial charge in [-0.05, 0) is 31.2 Å². The van der Waals surface area contributed by atoms with E-state index in [1.54, 1.807) is 30.1 Å². The topological polar surface area (TPSA) is 64.1 Å². The molecule has 0 aliphatic carbocycles. The van der Waals surface area contributed by atoms with E-state index in [9.17, 15) is 4.79 Å². The fraction of sp³-hybridized carbons (Fsp3) is 0.400. The molecule has 0 fully saturated rings. The number of aromatic nitrogens is 2. The number of ether oxygens (including phenoxy) is 1. The average Bonchev–Trinajstić information content (AvgIpc) is 2.85. The average molecular weight is 337 g/mol. The molecule has 118 valence electrons. The lowest BCUT2D eigenvalue weighted by Gasteiger charge is -2.11. The number of hydrogen-bond donors (Lipinski definition) is 1. The molecular weight excluding hydrogens is 318 g/mol. The predicted octanol–water partition coefficient (Wildman–Crippen LogP) is 3.86. The number of hydrogen-bond acceptors (Lipinski definition) is 6. The molecule has 0 bridgehead atoms. The highest BCUT2D eigenvalue weighted by Gasteiger charge is 2.16. The first-order chi connectivity index (χ1) is 10.5. The summed E-state index contributed by atoms with van der Waals surface area (Å²) in [7, 11) is 0. The molecule has 22 heavy (non-hydrogen) atoms. The van der Waals surface area contributed by atoms with E-state index in [4.69, 9.17) is 4.74 Å². The highest BCUT2D eigenvalue weighted by atomic mass is 32.2. The van der Waals surface area contributed by atoms with Crippen molar-refractivity contribution in [2.45, 2.75) is 25.0 Å². The summed E-state index contributed by atoms with van der Waals surface area (Å²) in [6.45, 7) is 6.54. The van der Waals surface area contributed by atoms with Gasteiger partial charge in [0, 0.05) is 6.20 Å². The predicted molar refractivity (Wildman–Crippen MR) is 91.2 cm³/mol. The molecule has 0 aliphatic heterocycles. The minimum absolute atomic E-state index is 0.256. The van der Waals surface area contributed by atoms with Crippen LogP contribution in [0.2, 0.25) is 0 Å². The molecule has 1 amide bonds. The zero-order valence-electron chi connectivity index (χ0n) is 13.0. The molecule has 2 heterocycles. The van der Waals surface area contributed by atoms with E-state index in [1.807, 2.05) is 27.0 Å². The lowest BCUT2D eigenvalue weighted by atomic mass is 10.2. The molecule has 0 radical (unpaired) electrons. The SMILES string of the molecule is CSc1sc(NC(=O)c2cccnc2OCC(C)C)nc1C. The van der Waals surface area contributed by atoms with Crippen molar-refractivity contribution in [3.63, 3.8) is 0 Å². The Morgan fingerprint density at radius 1 is 1.50 bits per heavy atom. The molecule has 0 saturated carbocycles. The normalized spacial score (nSPS) is 10.8. The molecule has 0 aromatic carbocycles. The third-order valence-corrected chi connectivity index (χ3v) is 5.01. The van der Waals surface area contributed by atoms with E-state index in [0.717, 1.165) is 9.90 Å². The third-order valence-electron chi connectivity index (χ3n) is 2.73. The van der Waals surface area contributed by atoms with Crippen LogP contribution in [-0.4, -0.2) is 28.7 Å².